The topological polar surface area (TPSA) is 56.1 Å². The first-order valence-electron chi connectivity index (χ1n) is 6.48. The zero-order chi connectivity index (χ0) is 13.2. The molecule has 0 saturated carbocycles. The van der Waals surface area contributed by atoms with Crippen LogP contribution in [0.4, 0.5) is 5.95 Å². The summed E-state index contributed by atoms with van der Waals surface area (Å²) in [6.07, 6.45) is 0.370. The first-order chi connectivity index (χ1) is 9.24. The number of aromatic nitrogens is 4. The minimum Gasteiger partial charge on any atom is -0.372 e. The highest BCUT2D eigenvalue weighted by Crippen LogP contribution is 2.19. The average molecular weight is 259 g/mol. The number of nitrogens with zero attached hydrogens (tertiary/aromatic N) is 5. The molecule has 1 aromatic heterocycles. The van der Waals surface area contributed by atoms with Crippen LogP contribution < -0.4 is 4.90 Å². The summed E-state index contributed by atoms with van der Waals surface area (Å²) in [6.45, 7) is 5.74. The molecule has 2 heterocycles. The van der Waals surface area contributed by atoms with Crippen LogP contribution in [0, 0.1) is 0 Å². The normalized spacial score (nSPS) is 23.6. The third kappa shape index (κ3) is 2.44. The van der Waals surface area contributed by atoms with E-state index in [1.807, 2.05) is 30.3 Å². The van der Waals surface area contributed by atoms with Gasteiger partial charge >= 0.3 is 0 Å². The minimum atomic E-state index is 0.185. The summed E-state index contributed by atoms with van der Waals surface area (Å²) in [5.74, 6) is 0.771. The molecule has 1 saturated heterocycles. The van der Waals surface area contributed by atoms with Crippen LogP contribution >= 0.6 is 0 Å². The van der Waals surface area contributed by atoms with Crippen LogP contribution in [0.25, 0.3) is 5.69 Å². The predicted octanol–water partition coefficient (Wildman–Crippen LogP) is 1.28. The average Bonchev–Trinajstić information content (AvgIpc) is 2.88. The van der Waals surface area contributed by atoms with Gasteiger partial charge in [0.1, 0.15) is 0 Å². The lowest BCUT2D eigenvalue weighted by Crippen LogP contribution is -2.46. The van der Waals surface area contributed by atoms with Gasteiger partial charge in [0, 0.05) is 13.1 Å². The van der Waals surface area contributed by atoms with Crippen LogP contribution in [-0.2, 0) is 4.74 Å². The summed E-state index contributed by atoms with van der Waals surface area (Å²) in [5, 5.41) is 12.0. The Bertz CT molecular complexity index is 531. The number of para-hydroxylation sites is 1. The highest BCUT2D eigenvalue weighted by atomic mass is 16.5. The monoisotopic (exact) mass is 259 g/mol. The molecule has 1 aliphatic heterocycles. The van der Waals surface area contributed by atoms with Gasteiger partial charge in [0.05, 0.1) is 17.9 Å². The molecule has 0 amide bonds. The molecule has 2 aromatic rings. The number of hydrogen-bond acceptors (Lipinski definition) is 5. The third-order valence-corrected chi connectivity index (χ3v) is 3.16. The van der Waals surface area contributed by atoms with Crippen molar-refractivity contribution in [3.8, 4) is 5.69 Å². The highest BCUT2D eigenvalue weighted by molar-refractivity contribution is 5.41. The van der Waals surface area contributed by atoms with Crippen molar-refractivity contribution in [3.63, 3.8) is 0 Å². The first kappa shape index (κ1) is 12.1. The fraction of sp³-hybridized carbons (Fsp3) is 0.462. The van der Waals surface area contributed by atoms with E-state index in [-0.39, 0.29) is 12.2 Å². The van der Waals surface area contributed by atoms with E-state index >= 15 is 0 Å². The van der Waals surface area contributed by atoms with E-state index < -0.39 is 0 Å². The lowest BCUT2D eigenvalue weighted by molar-refractivity contribution is -0.00583. The van der Waals surface area contributed by atoms with E-state index in [9.17, 15) is 0 Å². The van der Waals surface area contributed by atoms with E-state index in [1.54, 1.807) is 4.68 Å². The smallest absolute Gasteiger partial charge is 0.250 e. The van der Waals surface area contributed by atoms with Crippen LogP contribution in [0.15, 0.2) is 30.3 Å². The van der Waals surface area contributed by atoms with Crippen LogP contribution in [0.2, 0.25) is 0 Å². The Morgan fingerprint density at radius 2 is 1.79 bits per heavy atom. The van der Waals surface area contributed by atoms with E-state index in [2.05, 4.69) is 34.3 Å². The van der Waals surface area contributed by atoms with Crippen molar-refractivity contribution in [2.24, 2.45) is 0 Å². The quantitative estimate of drug-likeness (QED) is 0.813. The van der Waals surface area contributed by atoms with Crippen LogP contribution in [-0.4, -0.2) is 45.5 Å². The molecule has 0 radical (unpaired) electrons. The molecule has 1 fully saturated rings. The number of tetrazole rings is 1. The van der Waals surface area contributed by atoms with E-state index in [1.165, 1.54) is 0 Å². The number of anilines is 1. The van der Waals surface area contributed by atoms with Gasteiger partial charge in [-0.1, -0.05) is 23.3 Å². The molecule has 2 atom stereocenters. The molecular formula is C13H17N5O. The second-order valence-corrected chi connectivity index (χ2v) is 4.89. The van der Waals surface area contributed by atoms with Gasteiger partial charge in [-0.05, 0) is 36.4 Å². The molecule has 19 heavy (non-hydrogen) atoms. The van der Waals surface area contributed by atoms with E-state index in [0.29, 0.717) is 0 Å². The Labute approximate surface area is 112 Å². The van der Waals surface area contributed by atoms with Crippen LogP contribution in [0.3, 0.4) is 0 Å². The molecule has 6 nitrogen and oxygen atoms in total. The van der Waals surface area contributed by atoms with Crippen molar-refractivity contribution in [1.82, 2.24) is 20.2 Å². The lowest BCUT2D eigenvalue weighted by atomic mass is 10.2. The van der Waals surface area contributed by atoms with E-state index in [0.717, 1.165) is 24.7 Å². The molecule has 6 heteroatoms. The molecular weight excluding hydrogens is 242 g/mol. The standard InChI is InChI=1S/C13H17N5O/c1-10-8-17(9-11(2)19-10)13-14-15-16-18(13)12-6-4-3-5-7-12/h3-7,10-11H,8-9H2,1-2H3/t10-,11-/m1/s1. The predicted molar refractivity (Wildman–Crippen MR) is 71.4 cm³/mol. The molecule has 0 bridgehead atoms. The summed E-state index contributed by atoms with van der Waals surface area (Å²) >= 11 is 0. The van der Waals surface area contributed by atoms with E-state index in [4.69, 9.17) is 4.74 Å². The molecule has 1 aliphatic rings. The van der Waals surface area contributed by atoms with Crippen molar-refractivity contribution in [2.75, 3.05) is 18.0 Å². The summed E-state index contributed by atoms with van der Waals surface area (Å²) < 4.78 is 7.51. The SMILES string of the molecule is C[C@@H]1CN(c2nnnn2-c2ccccc2)C[C@@H](C)O1. The Kier molecular flexibility index (Phi) is 3.16. The molecule has 100 valence electrons. The minimum absolute atomic E-state index is 0.185. The number of ether oxygens (including phenoxy) is 1. The zero-order valence-electron chi connectivity index (χ0n) is 11.1. The number of hydrogen-bond donors (Lipinski definition) is 0. The maximum atomic E-state index is 5.74. The number of rotatable bonds is 2. The molecule has 1 aromatic carbocycles. The first-order valence-corrected chi connectivity index (χ1v) is 6.48. The van der Waals surface area contributed by atoms with Crippen molar-refractivity contribution < 1.29 is 4.74 Å². The number of benzene rings is 1. The van der Waals surface area contributed by atoms with Gasteiger partial charge in [-0.3, -0.25) is 0 Å². The fourth-order valence-corrected chi connectivity index (χ4v) is 2.46. The highest BCUT2D eigenvalue weighted by Gasteiger charge is 2.26. The Balaban J connectivity index is 1.92. The van der Waals surface area contributed by atoms with Crippen molar-refractivity contribution in [2.45, 2.75) is 26.1 Å². The van der Waals surface area contributed by atoms with Gasteiger partial charge in [-0.2, -0.15) is 4.68 Å². The van der Waals surface area contributed by atoms with Gasteiger partial charge in [-0.15, -0.1) is 0 Å². The summed E-state index contributed by atoms with van der Waals surface area (Å²) in [6, 6.07) is 9.92. The van der Waals surface area contributed by atoms with Gasteiger partial charge in [0.15, 0.2) is 0 Å². The Morgan fingerprint density at radius 1 is 1.11 bits per heavy atom. The molecule has 0 N–H and O–H groups in total. The van der Waals surface area contributed by atoms with Gasteiger partial charge < -0.3 is 9.64 Å². The van der Waals surface area contributed by atoms with Gasteiger partial charge in [-0.25, -0.2) is 0 Å². The second-order valence-electron chi connectivity index (χ2n) is 4.89. The van der Waals surface area contributed by atoms with Crippen LogP contribution in [0.1, 0.15) is 13.8 Å². The van der Waals surface area contributed by atoms with Crippen LogP contribution in [0.5, 0.6) is 0 Å². The molecule has 0 aliphatic carbocycles. The third-order valence-electron chi connectivity index (χ3n) is 3.16. The molecule has 0 unspecified atom stereocenters. The Morgan fingerprint density at radius 3 is 2.47 bits per heavy atom. The second kappa shape index (κ2) is 4.97. The number of morpholine rings is 1. The summed E-state index contributed by atoms with van der Waals surface area (Å²) in [7, 11) is 0. The fourth-order valence-electron chi connectivity index (χ4n) is 2.46. The van der Waals surface area contributed by atoms with Crippen molar-refractivity contribution in [3.05, 3.63) is 30.3 Å². The maximum Gasteiger partial charge on any atom is 0.250 e. The lowest BCUT2D eigenvalue weighted by Gasteiger charge is -2.35. The van der Waals surface area contributed by atoms with Gasteiger partial charge in [0.2, 0.25) is 0 Å². The Hall–Kier alpha value is -1.95. The summed E-state index contributed by atoms with van der Waals surface area (Å²) in [5.41, 5.74) is 0.967. The zero-order valence-corrected chi connectivity index (χ0v) is 11.1. The molecule has 3 rings (SSSR count). The van der Waals surface area contributed by atoms with Gasteiger partial charge in [0.25, 0.3) is 5.95 Å². The largest absolute Gasteiger partial charge is 0.372 e. The molecule has 0 spiro atoms. The van der Waals surface area contributed by atoms with Crippen molar-refractivity contribution >= 4 is 5.95 Å². The maximum absolute atomic E-state index is 5.74. The van der Waals surface area contributed by atoms with Crippen molar-refractivity contribution in [1.29, 1.82) is 0 Å². The summed E-state index contributed by atoms with van der Waals surface area (Å²) in [4.78, 5) is 2.17.